The van der Waals surface area contributed by atoms with Gasteiger partial charge < -0.3 is 5.32 Å². The molecule has 1 aromatic heterocycles. The number of benzene rings is 3. The summed E-state index contributed by atoms with van der Waals surface area (Å²) in [4.78, 5) is 7.82. The molecule has 0 saturated carbocycles. The van der Waals surface area contributed by atoms with Crippen molar-refractivity contribution in [3.8, 4) is 0 Å². The lowest BCUT2D eigenvalue weighted by atomic mass is 9.82. The number of thiophene rings is 1. The minimum Gasteiger partial charge on any atom is -0.364 e. The second-order valence-corrected chi connectivity index (χ2v) is 14.0. The van der Waals surface area contributed by atoms with Gasteiger partial charge in [0.2, 0.25) is 0 Å². The molecule has 4 heteroatoms. The molecule has 3 aromatic carbocycles. The quantitative estimate of drug-likeness (QED) is 0.304. The molecule has 0 amide bonds. The van der Waals surface area contributed by atoms with Crippen molar-refractivity contribution in [2.75, 3.05) is 12.0 Å². The number of hydrogen-bond acceptors (Lipinski definition) is 4. The van der Waals surface area contributed by atoms with Gasteiger partial charge in [0.05, 0.1) is 16.3 Å². The van der Waals surface area contributed by atoms with E-state index in [0.717, 1.165) is 5.71 Å². The van der Waals surface area contributed by atoms with Gasteiger partial charge in [-0.05, 0) is 69.8 Å². The van der Waals surface area contributed by atoms with Crippen molar-refractivity contribution < 1.29 is 0 Å². The second-order valence-electron chi connectivity index (χ2n) is 11.6. The van der Waals surface area contributed by atoms with Gasteiger partial charge >= 0.3 is 0 Å². The van der Waals surface area contributed by atoms with E-state index in [1.807, 2.05) is 11.3 Å². The van der Waals surface area contributed by atoms with Gasteiger partial charge in [-0.15, -0.1) is 23.1 Å². The lowest BCUT2D eigenvalue weighted by Crippen LogP contribution is -2.17. The summed E-state index contributed by atoms with van der Waals surface area (Å²) < 4.78 is 1.39. The van der Waals surface area contributed by atoms with E-state index in [1.165, 1.54) is 53.9 Å². The van der Waals surface area contributed by atoms with Crippen LogP contribution in [-0.4, -0.2) is 17.6 Å². The average molecular weight is 499 g/mol. The van der Waals surface area contributed by atoms with E-state index in [2.05, 4.69) is 107 Å². The fourth-order valence-corrected chi connectivity index (χ4v) is 8.46. The summed E-state index contributed by atoms with van der Waals surface area (Å²) in [5, 5.41) is 8.41. The topological polar surface area (TPSA) is 24.4 Å². The molecule has 35 heavy (non-hydrogen) atoms. The third-order valence-electron chi connectivity index (χ3n) is 7.48. The van der Waals surface area contributed by atoms with Gasteiger partial charge in [0.25, 0.3) is 0 Å². The maximum atomic E-state index is 5.05. The van der Waals surface area contributed by atoms with Crippen LogP contribution in [-0.2, 0) is 5.41 Å². The molecule has 0 radical (unpaired) electrons. The molecule has 4 aromatic rings. The fourth-order valence-electron chi connectivity index (χ4n) is 5.90. The van der Waals surface area contributed by atoms with E-state index in [-0.39, 0.29) is 5.41 Å². The zero-order valence-corrected chi connectivity index (χ0v) is 23.2. The number of nitrogens with one attached hydrogen (secondary N) is 1. The number of nitrogens with zero attached hydrogens (tertiary/aromatic N) is 1. The molecule has 0 bridgehead atoms. The lowest BCUT2D eigenvalue weighted by Gasteiger charge is -2.24. The van der Waals surface area contributed by atoms with Gasteiger partial charge in [0.1, 0.15) is 6.67 Å². The molecule has 2 aliphatic rings. The number of aliphatic imine (C=N–C) groups is 1. The first kappa shape index (κ1) is 23.1. The monoisotopic (exact) mass is 498 g/mol. The number of rotatable bonds is 3. The van der Waals surface area contributed by atoms with E-state index in [0.29, 0.717) is 23.8 Å². The molecule has 0 fully saturated rings. The van der Waals surface area contributed by atoms with Crippen LogP contribution in [0.5, 0.6) is 0 Å². The first-order chi connectivity index (χ1) is 16.7. The van der Waals surface area contributed by atoms with E-state index < -0.39 is 0 Å². The summed E-state index contributed by atoms with van der Waals surface area (Å²) in [5.41, 5.74) is 6.71. The molecule has 0 saturated heterocycles. The Morgan fingerprint density at radius 3 is 2.66 bits per heavy atom. The molecule has 3 heterocycles. The van der Waals surface area contributed by atoms with Crippen LogP contribution in [0.15, 0.2) is 58.4 Å². The van der Waals surface area contributed by atoms with E-state index in [4.69, 9.17) is 4.99 Å². The molecular formula is C31H34N2S2. The Hall–Kier alpha value is -2.30. The molecule has 2 atom stereocenters. The van der Waals surface area contributed by atoms with Gasteiger partial charge in [0, 0.05) is 25.8 Å². The van der Waals surface area contributed by atoms with Crippen LogP contribution in [0.3, 0.4) is 0 Å². The van der Waals surface area contributed by atoms with E-state index >= 15 is 0 Å². The molecule has 1 N–H and O–H groups in total. The lowest BCUT2D eigenvalue weighted by molar-refractivity contribution is 0.501. The van der Waals surface area contributed by atoms with Crippen molar-refractivity contribution in [2.24, 2.45) is 10.9 Å². The van der Waals surface area contributed by atoms with Crippen LogP contribution in [0.4, 0.5) is 5.69 Å². The third kappa shape index (κ3) is 3.81. The minimum absolute atomic E-state index is 0.0599. The van der Waals surface area contributed by atoms with Crippen LogP contribution >= 0.6 is 23.1 Å². The van der Waals surface area contributed by atoms with E-state index in [1.54, 1.807) is 5.56 Å². The van der Waals surface area contributed by atoms with Crippen LogP contribution in [0.1, 0.15) is 75.4 Å². The van der Waals surface area contributed by atoms with Crippen molar-refractivity contribution in [1.82, 2.24) is 0 Å². The predicted molar refractivity (Wildman–Crippen MR) is 156 cm³/mol. The standard InChI is InChI=1S/C31H34N2S2/c1-17(2)13-22-18(3)34-24-11-12-25-27(26(22)24)29-30(35-25)28(32-16-33-29)20-14-19-9-7-8-10-21(19)23(15-20)31(4,5)6/h7-12,14-15,17-18,22,33H,13,16H2,1-6H3. The summed E-state index contributed by atoms with van der Waals surface area (Å²) in [6, 6.07) is 18.2. The Bertz CT molecular complexity index is 1490. The highest BCUT2D eigenvalue weighted by molar-refractivity contribution is 8.00. The maximum Gasteiger partial charge on any atom is 0.108 e. The Kier molecular flexibility index (Phi) is 5.54. The number of thioether (sulfide) groups is 1. The van der Waals surface area contributed by atoms with Crippen molar-refractivity contribution in [3.63, 3.8) is 0 Å². The highest BCUT2D eigenvalue weighted by Crippen LogP contribution is 2.54. The maximum absolute atomic E-state index is 5.05. The zero-order chi connectivity index (χ0) is 24.5. The smallest absolute Gasteiger partial charge is 0.108 e. The number of hydrogen-bond donors (Lipinski definition) is 1. The number of anilines is 1. The average Bonchev–Trinajstić information content (AvgIpc) is 3.34. The summed E-state index contributed by atoms with van der Waals surface area (Å²) in [7, 11) is 0. The Morgan fingerprint density at radius 1 is 1.09 bits per heavy atom. The fraction of sp³-hybridized carbons (Fsp3) is 0.387. The molecule has 0 aliphatic carbocycles. The second kappa shape index (κ2) is 8.38. The SMILES string of the molecule is CC(C)CC1c2c(ccc3sc4c(c23)NCN=C4c2cc(C(C)(C)C)c3ccccc3c2)SC1C. The highest BCUT2D eigenvalue weighted by atomic mass is 32.2. The Morgan fingerprint density at radius 2 is 1.89 bits per heavy atom. The summed E-state index contributed by atoms with van der Waals surface area (Å²) >= 11 is 3.97. The van der Waals surface area contributed by atoms with Crippen LogP contribution < -0.4 is 5.32 Å². The minimum atomic E-state index is 0.0599. The predicted octanol–water partition coefficient (Wildman–Crippen LogP) is 9.20. The highest BCUT2D eigenvalue weighted by Gasteiger charge is 2.35. The third-order valence-corrected chi connectivity index (χ3v) is 9.96. The number of fused-ring (bicyclic) bond motifs is 6. The molecule has 2 unspecified atom stereocenters. The zero-order valence-electron chi connectivity index (χ0n) is 21.5. The first-order valence-corrected chi connectivity index (χ1v) is 14.5. The van der Waals surface area contributed by atoms with Crippen LogP contribution in [0, 0.1) is 5.92 Å². The molecular weight excluding hydrogens is 464 g/mol. The summed E-state index contributed by atoms with van der Waals surface area (Å²) in [6.07, 6.45) is 1.24. The van der Waals surface area contributed by atoms with Gasteiger partial charge in [-0.3, -0.25) is 4.99 Å². The molecule has 180 valence electrons. The summed E-state index contributed by atoms with van der Waals surface area (Å²) in [6.45, 7) is 14.7. The normalized spacial score (nSPS) is 19.7. The summed E-state index contributed by atoms with van der Waals surface area (Å²) in [5.74, 6) is 1.30. The van der Waals surface area contributed by atoms with Gasteiger partial charge in [-0.1, -0.05) is 65.8 Å². The first-order valence-electron chi connectivity index (χ1n) is 12.8. The molecule has 2 nitrogen and oxygen atoms in total. The van der Waals surface area contributed by atoms with Crippen LogP contribution in [0.2, 0.25) is 0 Å². The van der Waals surface area contributed by atoms with Crippen molar-refractivity contribution in [1.29, 1.82) is 0 Å². The molecule has 6 rings (SSSR count). The van der Waals surface area contributed by atoms with E-state index in [9.17, 15) is 0 Å². The van der Waals surface area contributed by atoms with Gasteiger partial charge in [-0.25, -0.2) is 0 Å². The molecule has 2 aliphatic heterocycles. The van der Waals surface area contributed by atoms with Gasteiger partial charge in [0.15, 0.2) is 0 Å². The Labute approximate surface area is 217 Å². The van der Waals surface area contributed by atoms with Crippen molar-refractivity contribution in [2.45, 2.75) is 69.4 Å². The largest absolute Gasteiger partial charge is 0.364 e. The van der Waals surface area contributed by atoms with Crippen molar-refractivity contribution in [3.05, 3.63) is 70.1 Å². The van der Waals surface area contributed by atoms with Crippen molar-refractivity contribution >= 4 is 55.4 Å². The van der Waals surface area contributed by atoms with Crippen LogP contribution in [0.25, 0.3) is 20.9 Å². The Balaban J connectivity index is 1.55. The molecule has 0 spiro atoms. The van der Waals surface area contributed by atoms with Gasteiger partial charge in [-0.2, -0.15) is 0 Å².